The van der Waals surface area contributed by atoms with Crippen molar-refractivity contribution in [3.63, 3.8) is 0 Å². The molecule has 1 aromatic heterocycles. The number of imide groups is 1. The van der Waals surface area contributed by atoms with Crippen LogP contribution >= 0.6 is 0 Å². The van der Waals surface area contributed by atoms with Crippen LogP contribution in [0, 0.1) is 0 Å². The molecule has 1 aromatic carbocycles. The van der Waals surface area contributed by atoms with Gasteiger partial charge in [0.15, 0.2) is 0 Å². The third kappa shape index (κ3) is 4.08. The van der Waals surface area contributed by atoms with Crippen LogP contribution in [-0.2, 0) is 11.2 Å². The summed E-state index contributed by atoms with van der Waals surface area (Å²) in [6, 6.07) is 6.82. The highest BCUT2D eigenvalue weighted by Gasteiger charge is 2.42. The smallest absolute Gasteiger partial charge is 0.406 e. The Morgan fingerprint density at radius 1 is 1.21 bits per heavy atom. The number of hydrogen-bond acceptors (Lipinski definition) is 4. The fraction of sp³-hybridized carbons (Fsp3) is 0.316. The van der Waals surface area contributed by atoms with Gasteiger partial charge in [-0.15, -0.1) is 13.2 Å². The lowest BCUT2D eigenvalue weighted by Crippen LogP contribution is -2.35. The number of alkyl halides is 3. The van der Waals surface area contributed by atoms with Crippen molar-refractivity contribution in [2.45, 2.75) is 38.6 Å². The Hall–Kier alpha value is -3.10. The van der Waals surface area contributed by atoms with Gasteiger partial charge in [-0.05, 0) is 48.4 Å². The average molecular weight is 393 g/mol. The van der Waals surface area contributed by atoms with Gasteiger partial charge in [0.05, 0.1) is 5.69 Å². The molecular formula is C19H18F3N3O3. The van der Waals surface area contributed by atoms with Crippen LogP contribution in [-0.4, -0.2) is 29.3 Å². The van der Waals surface area contributed by atoms with Gasteiger partial charge in [0.2, 0.25) is 0 Å². The zero-order valence-electron chi connectivity index (χ0n) is 15.2. The first-order valence-electron chi connectivity index (χ1n) is 8.64. The van der Waals surface area contributed by atoms with Crippen LogP contribution < -0.4 is 15.0 Å². The van der Waals surface area contributed by atoms with Crippen molar-refractivity contribution >= 4 is 17.6 Å². The first-order valence-corrected chi connectivity index (χ1v) is 8.64. The number of benzene rings is 1. The molecule has 0 bridgehead atoms. The fourth-order valence-electron chi connectivity index (χ4n) is 3.04. The average Bonchev–Trinajstić information content (AvgIpc) is 2.95. The normalized spacial score (nSPS) is 18.2. The van der Waals surface area contributed by atoms with Crippen molar-refractivity contribution in [3.05, 3.63) is 53.9 Å². The van der Waals surface area contributed by atoms with Crippen molar-refractivity contribution in [2.24, 2.45) is 0 Å². The first kappa shape index (κ1) is 19.7. The number of rotatable bonds is 5. The number of pyridine rings is 1. The zero-order valence-corrected chi connectivity index (χ0v) is 15.2. The molecule has 1 saturated heterocycles. The molecule has 9 heteroatoms. The van der Waals surface area contributed by atoms with E-state index in [0.29, 0.717) is 0 Å². The summed E-state index contributed by atoms with van der Waals surface area (Å²) < 4.78 is 40.6. The first-order chi connectivity index (χ1) is 13.2. The number of ether oxygens (including phenoxy) is 1. The van der Waals surface area contributed by atoms with Crippen LogP contribution in [0.3, 0.4) is 0 Å². The Bertz CT molecular complexity index is 884. The van der Waals surface area contributed by atoms with E-state index in [1.54, 1.807) is 12.3 Å². The van der Waals surface area contributed by atoms with Gasteiger partial charge in [0, 0.05) is 17.8 Å². The van der Waals surface area contributed by atoms with Gasteiger partial charge in [-0.1, -0.05) is 13.8 Å². The van der Waals surface area contributed by atoms with Crippen LogP contribution in [0.4, 0.5) is 23.7 Å². The molecule has 28 heavy (non-hydrogen) atoms. The van der Waals surface area contributed by atoms with Crippen molar-refractivity contribution in [1.82, 2.24) is 10.3 Å². The highest BCUT2D eigenvalue weighted by atomic mass is 19.4. The monoisotopic (exact) mass is 393 g/mol. The molecule has 2 unspecified atom stereocenters. The van der Waals surface area contributed by atoms with Crippen molar-refractivity contribution < 1.29 is 27.5 Å². The number of carbonyl (C=O) groups is 2. The number of halogens is 3. The Morgan fingerprint density at radius 3 is 2.50 bits per heavy atom. The van der Waals surface area contributed by atoms with Crippen molar-refractivity contribution in [2.75, 3.05) is 4.90 Å². The molecule has 0 radical (unpaired) electrons. The maximum Gasteiger partial charge on any atom is 0.573 e. The molecule has 1 fully saturated rings. The van der Waals surface area contributed by atoms with Crippen molar-refractivity contribution in [1.29, 1.82) is 0 Å². The van der Waals surface area contributed by atoms with Gasteiger partial charge in [0.1, 0.15) is 11.8 Å². The van der Waals surface area contributed by atoms with Crippen LogP contribution in [0.5, 0.6) is 5.75 Å². The molecule has 1 aliphatic heterocycles. The number of hydrogen-bond donors (Lipinski definition) is 1. The second kappa shape index (κ2) is 7.49. The Balaban J connectivity index is 1.79. The number of urea groups is 1. The molecule has 0 saturated carbocycles. The number of carbonyl (C=O) groups excluding carboxylic acids is 2. The molecule has 6 nitrogen and oxygen atoms in total. The van der Waals surface area contributed by atoms with E-state index in [2.05, 4.69) is 15.0 Å². The largest absolute Gasteiger partial charge is 0.573 e. The van der Waals surface area contributed by atoms with E-state index in [1.165, 1.54) is 12.1 Å². The van der Waals surface area contributed by atoms with Crippen LogP contribution in [0.1, 0.15) is 31.0 Å². The van der Waals surface area contributed by atoms with E-state index in [0.717, 1.165) is 34.7 Å². The lowest BCUT2D eigenvalue weighted by Gasteiger charge is -2.19. The van der Waals surface area contributed by atoms with Gasteiger partial charge < -0.3 is 10.1 Å². The summed E-state index contributed by atoms with van der Waals surface area (Å²) >= 11 is 0. The molecule has 148 valence electrons. The van der Waals surface area contributed by atoms with Crippen LogP contribution in [0.25, 0.3) is 0 Å². The molecule has 1 N–H and O–H groups in total. The standard InChI is InChI=1S/C19H18F3N3O3/c1-3-13-10-12(8-9-23-13)11(2)16-17(26)25(18(27)24-16)14-4-6-15(7-5-14)28-19(20,21)22/h4-11,16H,3H2,1-2H3,(H,24,27). The van der Waals surface area contributed by atoms with Crippen molar-refractivity contribution in [3.8, 4) is 5.75 Å². The molecule has 2 atom stereocenters. The quantitative estimate of drug-likeness (QED) is 0.785. The van der Waals surface area contributed by atoms with Gasteiger partial charge in [-0.25, -0.2) is 9.69 Å². The van der Waals surface area contributed by atoms with E-state index in [4.69, 9.17) is 0 Å². The number of amides is 3. The predicted octanol–water partition coefficient (Wildman–Crippen LogP) is 3.77. The number of anilines is 1. The Morgan fingerprint density at radius 2 is 1.89 bits per heavy atom. The van der Waals surface area contributed by atoms with Gasteiger partial charge in [-0.3, -0.25) is 9.78 Å². The summed E-state index contributed by atoms with van der Waals surface area (Å²) in [4.78, 5) is 30.3. The van der Waals surface area contributed by atoms with E-state index in [9.17, 15) is 22.8 Å². The minimum Gasteiger partial charge on any atom is -0.406 e. The molecule has 3 rings (SSSR count). The SMILES string of the molecule is CCc1cc(C(C)C2NC(=O)N(c3ccc(OC(F)(F)F)cc3)C2=O)ccn1. The number of nitrogens with one attached hydrogen (secondary N) is 1. The minimum absolute atomic E-state index is 0.163. The fourth-order valence-corrected chi connectivity index (χ4v) is 3.04. The zero-order chi connectivity index (χ0) is 20.5. The predicted molar refractivity (Wildman–Crippen MR) is 95.0 cm³/mol. The Labute approximate surface area is 159 Å². The third-order valence-electron chi connectivity index (χ3n) is 4.53. The third-order valence-corrected chi connectivity index (χ3v) is 4.53. The van der Waals surface area contributed by atoms with Gasteiger partial charge in [-0.2, -0.15) is 0 Å². The lowest BCUT2D eigenvalue weighted by atomic mass is 9.93. The van der Waals surface area contributed by atoms with E-state index < -0.39 is 30.1 Å². The molecule has 2 aromatic rings. The topological polar surface area (TPSA) is 71.5 Å². The summed E-state index contributed by atoms with van der Waals surface area (Å²) in [5.74, 6) is -1.21. The summed E-state index contributed by atoms with van der Waals surface area (Å²) in [6.45, 7) is 3.79. The molecular weight excluding hydrogens is 375 g/mol. The van der Waals surface area contributed by atoms with E-state index >= 15 is 0 Å². The van der Waals surface area contributed by atoms with Crippen LogP contribution in [0.15, 0.2) is 42.6 Å². The molecule has 1 aliphatic rings. The number of aromatic nitrogens is 1. The number of nitrogens with zero attached hydrogens (tertiary/aromatic N) is 2. The number of aryl methyl sites for hydroxylation is 1. The maximum absolute atomic E-state index is 12.8. The highest BCUT2D eigenvalue weighted by molar-refractivity contribution is 6.21. The summed E-state index contributed by atoms with van der Waals surface area (Å²) in [5, 5.41) is 2.65. The second-order valence-electron chi connectivity index (χ2n) is 6.37. The summed E-state index contributed by atoms with van der Waals surface area (Å²) in [5.41, 5.74) is 1.90. The summed E-state index contributed by atoms with van der Waals surface area (Å²) in [7, 11) is 0. The molecule has 0 aliphatic carbocycles. The second-order valence-corrected chi connectivity index (χ2v) is 6.37. The maximum atomic E-state index is 12.8. The minimum atomic E-state index is -4.81. The van der Waals surface area contributed by atoms with E-state index in [-0.39, 0.29) is 11.6 Å². The molecule has 3 amide bonds. The lowest BCUT2D eigenvalue weighted by molar-refractivity contribution is -0.274. The molecule has 0 spiro atoms. The van der Waals surface area contributed by atoms with E-state index in [1.807, 2.05) is 19.9 Å². The van der Waals surface area contributed by atoms with Crippen LogP contribution in [0.2, 0.25) is 0 Å². The molecule has 2 heterocycles. The van der Waals surface area contributed by atoms with Gasteiger partial charge >= 0.3 is 12.4 Å². The van der Waals surface area contributed by atoms with Gasteiger partial charge in [0.25, 0.3) is 5.91 Å². The Kier molecular flexibility index (Phi) is 5.26. The summed E-state index contributed by atoms with van der Waals surface area (Å²) in [6.07, 6.45) is -2.42. The highest BCUT2D eigenvalue weighted by Crippen LogP contribution is 2.30.